The van der Waals surface area contributed by atoms with Gasteiger partial charge in [-0.3, -0.25) is 4.98 Å². The van der Waals surface area contributed by atoms with Crippen molar-refractivity contribution >= 4 is 22.4 Å². The Kier molecular flexibility index (Phi) is 6.07. The highest BCUT2D eigenvalue weighted by molar-refractivity contribution is 5.92. The van der Waals surface area contributed by atoms with Crippen molar-refractivity contribution in [1.82, 2.24) is 15.2 Å². The summed E-state index contributed by atoms with van der Waals surface area (Å²) in [6, 6.07) is 5.06. The van der Waals surface area contributed by atoms with E-state index in [1.165, 1.54) is 12.1 Å². The van der Waals surface area contributed by atoms with Gasteiger partial charge in [0.15, 0.2) is 5.82 Å². The Morgan fingerprint density at radius 1 is 1.17 bits per heavy atom. The third-order valence-corrected chi connectivity index (χ3v) is 7.13. The van der Waals surface area contributed by atoms with Crippen molar-refractivity contribution in [2.24, 2.45) is 0 Å². The van der Waals surface area contributed by atoms with E-state index >= 15 is 4.39 Å². The lowest BCUT2D eigenvalue weighted by Gasteiger charge is -2.33. The molecule has 4 heterocycles. The molecule has 2 aliphatic heterocycles. The molecule has 3 atom stereocenters. The molecular weight excluding hydrogens is 471 g/mol. The molecule has 10 heteroatoms. The van der Waals surface area contributed by atoms with Gasteiger partial charge >= 0.3 is 5.92 Å². The van der Waals surface area contributed by atoms with Crippen LogP contribution in [0, 0.1) is 12.7 Å². The highest BCUT2D eigenvalue weighted by atomic mass is 19.3. The van der Waals surface area contributed by atoms with Gasteiger partial charge in [0, 0.05) is 24.0 Å². The summed E-state index contributed by atoms with van der Waals surface area (Å²) < 4.78 is 50.8. The monoisotopic (exact) mass is 501 g/mol. The van der Waals surface area contributed by atoms with Crippen molar-refractivity contribution in [2.45, 2.75) is 70.3 Å². The maximum atomic E-state index is 15.3. The van der Waals surface area contributed by atoms with Crippen LogP contribution in [0.15, 0.2) is 30.5 Å². The SMILES string of the molecule is Cc1nnc(N[C@H](C)c2cccc(C(F)(F)C(C)(C)O)c2F)c2cc(N3CC4CCC(C3)O4)cnc12. The molecular formula is C26H30F3N5O2. The van der Waals surface area contributed by atoms with E-state index < -0.39 is 28.9 Å². The number of benzene rings is 1. The molecule has 192 valence electrons. The Labute approximate surface area is 207 Å². The van der Waals surface area contributed by atoms with Crippen molar-refractivity contribution < 1.29 is 23.0 Å². The number of aryl methyl sites for hydroxylation is 1. The number of alkyl halides is 2. The second kappa shape index (κ2) is 8.85. The van der Waals surface area contributed by atoms with E-state index in [2.05, 4.69) is 25.4 Å². The molecule has 2 N–H and O–H groups in total. The zero-order valence-electron chi connectivity index (χ0n) is 20.7. The minimum absolute atomic E-state index is 0.0285. The lowest BCUT2D eigenvalue weighted by molar-refractivity contribution is -0.170. The van der Waals surface area contributed by atoms with Gasteiger partial charge in [-0.25, -0.2) is 4.39 Å². The van der Waals surface area contributed by atoms with Gasteiger partial charge in [-0.05, 0) is 52.7 Å². The Balaban J connectivity index is 1.48. The molecule has 5 rings (SSSR count). The van der Waals surface area contributed by atoms with Gasteiger partial charge in [-0.1, -0.05) is 12.1 Å². The second-order valence-electron chi connectivity index (χ2n) is 10.3. The van der Waals surface area contributed by atoms with Gasteiger partial charge in [0.25, 0.3) is 0 Å². The molecule has 36 heavy (non-hydrogen) atoms. The number of pyridine rings is 1. The van der Waals surface area contributed by atoms with E-state index in [4.69, 9.17) is 4.74 Å². The quantitative estimate of drug-likeness (QED) is 0.498. The number of nitrogens with zero attached hydrogens (tertiary/aromatic N) is 4. The molecule has 0 saturated carbocycles. The number of rotatable bonds is 6. The van der Waals surface area contributed by atoms with Crippen molar-refractivity contribution in [1.29, 1.82) is 0 Å². The maximum absolute atomic E-state index is 15.3. The molecule has 2 unspecified atom stereocenters. The Morgan fingerprint density at radius 2 is 1.86 bits per heavy atom. The van der Waals surface area contributed by atoms with Crippen LogP contribution >= 0.6 is 0 Å². The maximum Gasteiger partial charge on any atom is 0.303 e. The number of aliphatic hydroxyl groups is 1. The van der Waals surface area contributed by atoms with Crippen molar-refractivity contribution in [3.05, 3.63) is 53.1 Å². The third kappa shape index (κ3) is 4.26. The minimum Gasteiger partial charge on any atom is -0.384 e. The molecule has 3 aromatic rings. The summed E-state index contributed by atoms with van der Waals surface area (Å²) >= 11 is 0. The number of hydrogen-bond acceptors (Lipinski definition) is 7. The van der Waals surface area contributed by atoms with E-state index in [-0.39, 0.29) is 17.8 Å². The predicted octanol–water partition coefficient (Wildman–Crippen LogP) is 4.88. The number of ether oxygens (including phenoxy) is 1. The normalized spacial score (nSPS) is 21.2. The minimum atomic E-state index is -3.78. The number of morpholine rings is 1. The first-order chi connectivity index (χ1) is 17.0. The van der Waals surface area contributed by atoms with E-state index in [9.17, 15) is 13.9 Å². The lowest BCUT2D eigenvalue weighted by atomic mass is 9.91. The first-order valence-corrected chi connectivity index (χ1v) is 12.1. The van der Waals surface area contributed by atoms with Crippen LogP contribution in [0.2, 0.25) is 0 Å². The molecule has 2 aromatic heterocycles. The molecule has 0 spiro atoms. The van der Waals surface area contributed by atoms with E-state index in [0.29, 0.717) is 22.4 Å². The topological polar surface area (TPSA) is 83.4 Å². The zero-order valence-corrected chi connectivity index (χ0v) is 20.7. The number of hydrogen-bond donors (Lipinski definition) is 2. The summed E-state index contributed by atoms with van der Waals surface area (Å²) in [4.78, 5) is 6.89. The highest BCUT2D eigenvalue weighted by Gasteiger charge is 2.49. The van der Waals surface area contributed by atoms with Crippen LogP contribution in [0.1, 0.15) is 56.5 Å². The Bertz CT molecular complexity index is 1280. The Hall–Kier alpha value is -2.98. The summed E-state index contributed by atoms with van der Waals surface area (Å²) in [6.45, 7) is 6.96. The predicted molar refractivity (Wildman–Crippen MR) is 131 cm³/mol. The van der Waals surface area contributed by atoms with Gasteiger partial charge in [-0.15, -0.1) is 5.10 Å². The van der Waals surface area contributed by atoms with Gasteiger partial charge < -0.3 is 20.1 Å². The average molecular weight is 502 g/mol. The first-order valence-electron chi connectivity index (χ1n) is 12.1. The fourth-order valence-corrected chi connectivity index (χ4v) is 4.99. The zero-order chi connectivity index (χ0) is 25.8. The van der Waals surface area contributed by atoms with Crippen molar-refractivity contribution in [2.75, 3.05) is 23.3 Å². The fourth-order valence-electron chi connectivity index (χ4n) is 4.99. The summed E-state index contributed by atoms with van der Waals surface area (Å²) in [5.74, 6) is -4.47. The van der Waals surface area contributed by atoms with Gasteiger partial charge in [0.2, 0.25) is 0 Å². The van der Waals surface area contributed by atoms with Crippen LogP contribution in [0.4, 0.5) is 24.7 Å². The largest absolute Gasteiger partial charge is 0.384 e. The second-order valence-corrected chi connectivity index (χ2v) is 10.3. The van der Waals surface area contributed by atoms with Gasteiger partial charge in [0.1, 0.15) is 11.4 Å². The fraction of sp³-hybridized carbons (Fsp3) is 0.500. The van der Waals surface area contributed by atoms with Crippen molar-refractivity contribution in [3.63, 3.8) is 0 Å². The molecule has 2 aliphatic rings. The van der Waals surface area contributed by atoms with E-state index in [1.54, 1.807) is 6.92 Å². The molecule has 0 radical (unpaired) electrons. The summed E-state index contributed by atoms with van der Waals surface area (Å²) in [6.07, 6.45) is 4.34. The number of fused-ring (bicyclic) bond motifs is 3. The molecule has 0 amide bonds. The summed E-state index contributed by atoms with van der Waals surface area (Å²) in [5.41, 5.74) is -1.02. The average Bonchev–Trinajstić information content (AvgIpc) is 3.17. The van der Waals surface area contributed by atoms with Crippen molar-refractivity contribution in [3.8, 4) is 0 Å². The van der Waals surface area contributed by atoms with Crippen LogP contribution in [-0.2, 0) is 10.7 Å². The van der Waals surface area contributed by atoms with Crippen LogP contribution < -0.4 is 10.2 Å². The molecule has 0 aliphatic carbocycles. The smallest absolute Gasteiger partial charge is 0.303 e. The molecule has 2 bridgehead atoms. The Morgan fingerprint density at radius 3 is 2.53 bits per heavy atom. The first kappa shape index (κ1) is 24.7. The van der Waals surface area contributed by atoms with E-state index in [0.717, 1.165) is 51.5 Å². The summed E-state index contributed by atoms with van der Waals surface area (Å²) in [7, 11) is 0. The standard InChI is InChI=1S/C26H30F3N5O2/c1-14(19-6-5-7-21(22(19)27)26(28,29)25(3,4)35)31-24-20-10-16(11-30-23(20)15(2)32-33-24)34-12-17-8-9-18(13-34)36-17/h5-7,10-11,14,17-18,35H,8-9,12-13H2,1-4H3,(H,31,33)/t14-,17?,18?/m1/s1. The van der Waals surface area contributed by atoms with Crippen LogP contribution in [0.25, 0.3) is 10.9 Å². The third-order valence-electron chi connectivity index (χ3n) is 7.13. The highest BCUT2D eigenvalue weighted by Crippen LogP contribution is 2.41. The van der Waals surface area contributed by atoms with Crippen LogP contribution in [0.3, 0.4) is 0 Å². The van der Waals surface area contributed by atoms with Gasteiger partial charge in [0.05, 0.1) is 46.9 Å². The van der Waals surface area contributed by atoms with E-state index in [1.807, 2.05) is 19.2 Å². The summed E-state index contributed by atoms with van der Waals surface area (Å²) in [5, 5.41) is 22.3. The van der Waals surface area contributed by atoms with Crippen LogP contribution in [-0.4, -0.2) is 51.2 Å². The lowest BCUT2D eigenvalue weighted by Crippen LogP contribution is -2.42. The molecule has 7 nitrogen and oxygen atoms in total. The van der Waals surface area contributed by atoms with Crippen LogP contribution in [0.5, 0.6) is 0 Å². The number of halogens is 3. The number of nitrogens with one attached hydrogen (secondary N) is 1. The van der Waals surface area contributed by atoms with Gasteiger partial charge in [-0.2, -0.15) is 13.9 Å². The molecule has 2 saturated heterocycles. The molecule has 1 aromatic carbocycles. The number of aromatic nitrogens is 3. The number of anilines is 2. The molecule has 2 fully saturated rings.